The highest BCUT2D eigenvalue weighted by Crippen LogP contribution is 2.33. The van der Waals surface area contributed by atoms with E-state index >= 15 is 0 Å². The minimum absolute atomic E-state index is 0.297. The van der Waals surface area contributed by atoms with Crippen LogP contribution in [0.15, 0.2) is 42.5 Å². The third-order valence-corrected chi connectivity index (χ3v) is 6.38. The third kappa shape index (κ3) is 12.2. The lowest BCUT2D eigenvalue weighted by atomic mass is 10.1. The number of carbonyl (C=O) groups excluding carboxylic acids is 1. The molecular weight excluding hydrogens is 492 g/mol. The second kappa shape index (κ2) is 19.1. The van der Waals surface area contributed by atoms with Crippen LogP contribution in [0.2, 0.25) is 0 Å². The number of carbonyl (C=O) groups is 1. The summed E-state index contributed by atoms with van der Waals surface area (Å²) in [4.78, 5) is 12.7. The molecule has 2 rings (SSSR count). The molecular formula is C33H48O6. The van der Waals surface area contributed by atoms with Crippen molar-refractivity contribution in [3.05, 3.63) is 53.6 Å². The van der Waals surface area contributed by atoms with Crippen molar-refractivity contribution >= 4 is 12.0 Å². The second-order valence-corrected chi connectivity index (χ2v) is 9.55. The summed E-state index contributed by atoms with van der Waals surface area (Å²) in [6.07, 6.45) is 13.5. The molecule has 216 valence electrons. The molecule has 6 heteroatoms. The molecule has 2 aromatic carbocycles. The first-order chi connectivity index (χ1) is 19.0. The molecule has 1 unspecified atom stereocenters. The van der Waals surface area contributed by atoms with E-state index in [1.165, 1.54) is 38.5 Å². The Balaban J connectivity index is 2.03. The summed E-state index contributed by atoms with van der Waals surface area (Å²) in [6.45, 7) is 9.55. The summed E-state index contributed by atoms with van der Waals surface area (Å²) in [5, 5.41) is 11.0. The number of unbranched alkanes of at least 4 members (excludes halogenated alkanes) is 8. The van der Waals surface area contributed by atoms with Gasteiger partial charge in [0.15, 0.2) is 0 Å². The highest BCUT2D eigenvalue weighted by molar-refractivity contribution is 5.73. The molecule has 0 aliphatic heterocycles. The van der Waals surface area contributed by atoms with Gasteiger partial charge >= 0.3 is 5.97 Å². The van der Waals surface area contributed by atoms with Crippen molar-refractivity contribution < 1.29 is 28.8 Å². The van der Waals surface area contributed by atoms with Gasteiger partial charge in [-0.25, -0.2) is 0 Å². The van der Waals surface area contributed by atoms with Crippen molar-refractivity contribution in [2.24, 2.45) is 0 Å². The van der Waals surface area contributed by atoms with E-state index in [-0.39, 0.29) is 5.97 Å². The number of ether oxygens (including phenoxy) is 4. The van der Waals surface area contributed by atoms with Crippen LogP contribution < -0.4 is 18.9 Å². The molecule has 0 bridgehead atoms. The van der Waals surface area contributed by atoms with E-state index in [2.05, 4.69) is 6.92 Å². The first-order valence-corrected chi connectivity index (χ1v) is 14.8. The molecule has 0 fully saturated rings. The molecule has 0 saturated carbocycles. The van der Waals surface area contributed by atoms with E-state index in [1.807, 2.05) is 39.0 Å². The van der Waals surface area contributed by atoms with E-state index in [0.29, 0.717) is 49.1 Å². The molecule has 0 heterocycles. The van der Waals surface area contributed by atoms with Crippen molar-refractivity contribution in [3.63, 3.8) is 0 Å². The van der Waals surface area contributed by atoms with E-state index in [0.717, 1.165) is 30.6 Å². The summed E-state index contributed by atoms with van der Waals surface area (Å²) in [6, 6.07) is 10.8. The van der Waals surface area contributed by atoms with E-state index < -0.39 is 6.10 Å². The number of hydrogen-bond acceptors (Lipinski definition) is 6. The molecule has 0 aliphatic rings. The van der Waals surface area contributed by atoms with Crippen LogP contribution in [0.25, 0.3) is 6.08 Å². The van der Waals surface area contributed by atoms with Crippen LogP contribution in [0.4, 0.5) is 0 Å². The van der Waals surface area contributed by atoms with Crippen LogP contribution in [0.3, 0.4) is 0 Å². The van der Waals surface area contributed by atoms with Gasteiger partial charge in [-0.3, -0.25) is 4.79 Å². The van der Waals surface area contributed by atoms with Gasteiger partial charge < -0.3 is 24.1 Å². The fraction of sp³-hybridized carbons (Fsp3) is 0.545. The van der Waals surface area contributed by atoms with Gasteiger partial charge in [0, 0.05) is 29.7 Å². The number of aliphatic hydroxyl groups is 1. The summed E-state index contributed by atoms with van der Waals surface area (Å²) in [5.74, 6) is 2.01. The lowest BCUT2D eigenvalue weighted by molar-refractivity contribution is -0.134. The lowest BCUT2D eigenvalue weighted by Gasteiger charge is -2.15. The van der Waals surface area contributed by atoms with Gasteiger partial charge in [0.05, 0.1) is 19.8 Å². The van der Waals surface area contributed by atoms with Crippen LogP contribution in [-0.4, -0.2) is 30.9 Å². The number of aliphatic hydroxyl groups excluding tert-OH is 1. The molecule has 2 aromatic rings. The van der Waals surface area contributed by atoms with Crippen LogP contribution in [0, 0.1) is 0 Å². The minimum atomic E-state index is -0.989. The Bertz CT molecular complexity index is 1000. The Labute approximate surface area is 235 Å². The van der Waals surface area contributed by atoms with Crippen molar-refractivity contribution in [2.75, 3.05) is 19.8 Å². The van der Waals surface area contributed by atoms with E-state index in [4.69, 9.17) is 18.9 Å². The quantitative estimate of drug-likeness (QED) is 0.103. The first kappa shape index (κ1) is 32.2. The number of rotatable bonds is 20. The van der Waals surface area contributed by atoms with Gasteiger partial charge in [-0.15, -0.1) is 0 Å². The van der Waals surface area contributed by atoms with Crippen molar-refractivity contribution in [1.82, 2.24) is 0 Å². The zero-order valence-corrected chi connectivity index (χ0v) is 24.4. The Morgan fingerprint density at radius 2 is 1.31 bits per heavy atom. The van der Waals surface area contributed by atoms with Crippen LogP contribution in [0.1, 0.15) is 109 Å². The second-order valence-electron chi connectivity index (χ2n) is 9.55. The fourth-order valence-electron chi connectivity index (χ4n) is 4.35. The van der Waals surface area contributed by atoms with Crippen LogP contribution >= 0.6 is 0 Å². The summed E-state index contributed by atoms with van der Waals surface area (Å²) in [5.41, 5.74) is 1.31. The van der Waals surface area contributed by atoms with Gasteiger partial charge in [-0.1, -0.05) is 70.4 Å². The Morgan fingerprint density at radius 3 is 1.92 bits per heavy atom. The molecule has 0 aliphatic carbocycles. The highest BCUT2D eigenvalue weighted by atomic mass is 16.5. The van der Waals surface area contributed by atoms with Crippen molar-refractivity contribution in [2.45, 2.75) is 98.0 Å². The lowest BCUT2D eigenvalue weighted by Crippen LogP contribution is -2.10. The largest absolute Gasteiger partial charge is 0.494 e. The van der Waals surface area contributed by atoms with Crippen molar-refractivity contribution in [1.29, 1.82) is 0 Å². The SMILES string of the molecule is CCCCCCCCCCCC(=O)Oc1cc(OCC)ccc1C(O)C=Cc1ccc(OCC)cc1OCC. The van der Waals surface area contributed by atoms with E-state index in [1.54, 1.807) is 30.4 Å². The molecule has 1 N–H and O–H groups in total. The summed E-state index contributed by atoms with van der Waals surface area (Å²) in [7, 11) is 0. The normalized spacial score (nSPS) is 11.9. The first-order valence-electron chi connectivity index (χ1n) is 14.8. The van der Waals surface area contributed by atoms with Gasteiger partial charge in [0.25, 0.3) is 0 Å². The number of hydrogen-bond donors (Lipinski definition) is 1. The molecule has 1 atom stereocenters. The molecule has 39 heavy (non-hydrogen) atoms. The number of esters is 1. The Hall–Kier alpha value is -2.99. The predicted molar refractivity (Wildman–Crippen MR) is 158 cm³/mol. The predicted octanol–water partition coefficient (Wildman–Crippen LogP) is 8.46. The molecule has 6 nitrogen and oxygen atoms in total. The standard InChI is InChI=1S/C33H48O6/c1-5-9-10-11-12-13-14-15-16-17-33(35)39-32-25-28(37-7-3)21-22-29(32)30(34)23-19-26-18-20-27(36-6-2)24-31(26)38-8-4/h18-25,30,34H,5-17H2,1-4H3. The van der Waals surface area contributed by atoms with Gasteiger partial charge in [0.2, 0.25) is 0 Å². The van der Waals surface area contributed by atoms with E-state index in [9.17, 15) is 9.90 Å². The van der Waals surface area contributed by atoms with Gasteiger partial charge in [-0.05, 0) is 51.5 Å². The number of benzene rings is 2. The Kier molecular flexibility index (Phi) is 15.8. The Morgan fingerprint density at radius 1 is 0.744 bits per heavy atom. The smallest absolute Gasteiger partial charge is 0.311 e. The average molecular weight is 541 g/mol. The molecule has 0 saturated heterocycles. The zero-order chi connectivity index (χ0) is 28.3. The molecule has 0 amide bonds. The molecule has 0 aromatic heterocycles. The zero-order valence-electron chi connectivity index (χ0n) is 24.4. The average Bonchev–Trinajstić information content (AvgIpc) is 2.92. The monoisotopic (exact) mass is 540 g/mol. The third-order valence-electron chi connectivity index (χ3n) is 6.38. The van der Waals surface area contributed by atoms with Crippen LogP contribution in [-0.2, 0) is 4.79 Å². The summed E-state index contributed by atoms with van der Waals surface area (Å²) < 4.78 is 22.7. The minimum Gasteiger partial charge on any atom is -0.494 e. The van der Waals surface area contributed by atoms with Gasteiger partial charge in [0.1, 0.15) is 29.1 Å². The van der Waals surface area contributed by atoms with Crippen LogP contribution in [0.5, 0.6) is 23.0 Å². The maximum absolute atomic E-state index is 12.7. The van der Waals surface area contributed by atoms with Crippen molar-refractivity contribution in [3.8, 4) is 23.0 Å². The van der Waals surface area contributed by atoms with Gasteiger partial charge in [-0.2, -0.15) is 0 Å². The summed E-state index contributed by atoms with van der Waals surface area (Å²) >= 11 is 0. The highest BCUT2D eigenvalue weighted by Gasteiger charge is 2.16. The maximum Gasteiger partial charge on any atom is 0.311 e. The maximum atomic E-state index is 12.7. The topological polar surface area (TPSA) is 74.2 Å². The fourth-order valence-corrected chi connectivity index (χ4v) is 4.35. The molecule has 0 radical (unpaired) electrons. The molecule has 0 spiro atoms.